The lowest BCUT2D eigenvalue weighted by atomic mass is 10.1. The molecule has 0 aliphatic heterocycles. The van der Waals surface area contributed by atoms with Crippen LogP contribution in [0.2, 0.25) is 10.2 Å². The number of nitrogens with zero attached hydrogens (tertiary/aromatic N) is 2. The summed E-state index contributed by atoms with van der Waals surface area (Å²) in [5.74, 6) is -0.383. The Kier molecular flexibility index (Phi) is 3.08. The molecule has 0 N–H and O–H groups in total. The molecule has 0 bridgehead atoms. The van der Waals surface area contributed by atoms with Crippen LogP contribution in [0.15, 0.2) is 24.5 Å². The molecule has 0 saturated heterocycles. The summed E-state index contributed by atoms with van der Waals surface area (Å²) in [6.07, 6.45) is 1.35. The van der Waals surface area contributed by atoms with Crippen LogP contribution in [0.1, 0.15) is 5.56 Å². The van der Waals surface area contributed by atoms with Gasteiger partial charge in [0.2, 0.25) is 0 Å². The number of benzene rings is 1. The second-order valence-corrected chi connectivity index (χ2v) is 4.03. The van der Waals surface area contributed by atoms with Crippen LogP contribution in [0, 0.1) is 12.7 Å². The van der Waals surface area contributed by atoms with Gasteiger partial charge in [-0.15, -0.1) is 0 Å². The number of rotatable bonds is 1. The first-order chi connectivity index (χ1) is 7.59. The molecule has 0 aliphatic rings. The molecule has 0 amide bonds. The van der Waals surface area contributed by atoms with Crippen molar-refractivity contribution in [1.29, 1.82) is 0 Å². The van der Waals surface area contributed by atoms with Gasteiger partial charge in [-0.1, -0.05) is 23.2 Å². The van der Waals surface area contributed by atoms with Crippen molar-refractivity contribution in [2.24, 2.45) is 0 Å². The Morgan fingerprint density at radius 2 is 1.94 bits per heavy atom. The zero-order valence-electron chi connectivity index (χ0n) is 8.34. The van der Waals surface area contributed by atoms with Gasteiger partial charge >= 0.3 is 0 Å². The van der Waals surface area contributed by atoms with Gasteiger partial charge in [-0.2, -0.15) is 0 Å². The van der Waals surface area contributed by atoms with Crippen molar-refractivity contribution in [3.8, 4) is 11.3 Å². The van der Waals surface area contributed by atoms with Crippen molar-refractivity contribution in [3.05, 3.63) is 46.1 Å². The minimum absolute atomic E-state index is 0.304. The summed E-state index contributed by atoms with van der Waals surface area (Å²) in [4.78, 5) is 7.95. The van der Waals surface area contributed by atoms with Crippen molar-refractivity contribution in [1.82, 2.24) is 9.97 Å². The molecule has 0 aliphatic carbocycles. The van der Waals surface area contributed by atoms with Gasteiger partial charge in [0.1, 0.15) is 17.3 Å². The van der Waals surface area contributed by atoms with Crippen LogP contribution in [0.4, 0.5) is 4.39 Å². The molecule has 0 saturated carbocycles. The predicted molar refractivity (Wildman–Crippen MR) is 62.2 cm³/mol. The Balaban J connectivity index is 2.63. The Bertz CT molecular complexity index is 544. The fourth-order valence-electron chi connectivity index (χ4n) is 1.38. The highest BCUT2D eigenvalue weighted by molar-refractivity contribution is 6.33. The van der Waals surface area contributed by atoms with E-state index in [-0.39, 0.29) is 5.82 Å². The average molecular weight is 257 g/mol. The normalized spacial score (nSPS) is 10.5. The van der Waals surface area contributed by atoms with Gasteiger partial charge in [-0.25, -0.2) is 14.4 Å². The van der Waals surface area contributed by atoms with Crippen molar-refractivity contribution in [3.63, 3.8) is 0 Å². The van der Waals surface area contributed by atoms with Crippen molar-refractivity contribution in [2.75, 3.05) is 0 Å². The first-order valence-corrected chi connectivity index (χ1v) is 5.27. The lowest BCUT2D eigenvalue weighted by Crippen LogP contribution is -1.92. The number of aromatic nitrogens is 2. The summed E-state index contributed by atoms with van der Waals surface area (Å²) in [6.45, 7) is 1.79. The number of hydrogen-bond acceptors (Lipinski definition) is 2. The minimum Gasteiger partial charge on any atom is -0.236 e. The molecular formula is C11H7Cl2FN2. The van der Waals surface area contributed by atoms with E-state index in [4.69, 9.17) is 23.2 Å². The summed E-state index contributed by atoms with van der Waals surface area (Å²) in [5, 5.41) is 0.670. The molecule has 5 heteroatoms. The molecule has 1 aromatic heterocycles. The highest BCUT2D eigenvalue weighted by Gasteiger charge is 2.11. The molecule has 0 atom stereocenters. The third-order valence-corrected chi connectivity index (χ3v) is 2.90. The van der Waals surface area contributed by atoms with E-state index in [1.54, 1.807) is 13.0 Å². The minimum atomic E-state index is -0.383. The van der Waals surface area contributed by atoms with E-state index in [0.29, 0.717) is 21.4 Å². The summed E-state index contributed by atoms with van der Waals surface area (Å²) in [5.41, 5.74) is 1.98. The van der Waals surface area contributed by atoms with Crippen LogP contribution in [0.5, 0.6) is 0 Å². The maximum absolute atomic E-state index is 12.9. The summed E-state index contributed by atoms with van der Waals surface area (Å²) >= 11 is 11.8. The van der Waals surface area contributed by atoms with Crippen LogP contribution >= 0.6 is 23.2 Å². The smallest absolute Gasteiger partial charge is 0.135 e. The maximum atomic E-state index is 12.9. The molecule has 0 spiro atoms. The van der Waals surface area contributed by atoms with Crippen LogP contribution < -0.4 is 0 Å². The van der Waals surface area contributed by atoms with E-state index in [1.807, 2.05) is 0 Å². The third kappa shape index (κ3) is 2.01. The number of hydrogen-bond donors (Lipinski definition) is 0. The second kappa shape index (κ2) is 4.36. The standard InChI is InChI=1S/C11H7Cl2FN2/c1-6-10(15-5-16-11(6)13)8-3-2-7(14)4-9(8)12/h2-5H,1H3. The van der Waals surface area contributed by atoms with Crippen molar-refractivity contribution in [2.45, 2.75) is 6.92 Å². The number of halogens is 3. The van der Waals surface area contributed by atoms with E-state index in [0.717, 1.165) is 5.56 Å². The van der Waals surface area contributed by atoms with E-state index < -0.39 is 0 Å². The SMILES string of the molecule is Cc1c(Cl)ncnc1-c1ccc(F)cc1Cl. The zero-order valence-corrected chi connectivity index (χ0v) is 9.85. The van der Waals surface area contributed by atoms with Gasteiger partial charge in [0.05, 0.1) is 10.7 Å². The zero-order chi connectivity index (χ0) is 11.7. The van der Waals surface area contributed by atoms with Crippen LogP contribution in [-0.4, -0.2) is 9.97 Å². The molecule has 0 radical (unpaired) electrons. The molecule has 1 heterocycles. The van der Waals surface area contributed by atoms with Crippen molar-refractivity contribution >= 4 is 23.2 Å². The first kappa shape index (κ1) is 11.3. The van der Waals surface area contributed by atoms with Crippen molar-refractivity contribution < 1.29 is 4.39 Å². The highest BCUT2D eigenvalue weighted by atomic mass is 35.5. The monoisotopic (exact) mass is 256 g/mol. The van der Waals surface area contributed by atoms with E-state index in [2.05, 4.69) is 9.97 Å². The van der Waals surface area contributed by atoms with E-state index in [9.17, 15) is 4.39 Å². The summed E-state index contributed by atoms with van der Waals surface area (Å²) in [6, 6.07) is 4.15. The van der Waals surface area contributed by atoms with Crippen LogP contribution in [0.3, 0.4) is 0 Å². The lowest BCUT2D eigenvalue weighted by molar-refractivity contribution is 0.628. The molecule has 2 nitrogen and oxygen atoms in total. The third-order valence-electron chi connectivity index (χ3n) is 2.21. The largest absolute Gasteiger partial charge is 0.236 e. The summed E-state index contributed by atoms with van der Waals surface area (Å²) in [7, 11) is 0. The highest BCUT2D eigenvalue weighted by Crippen LogP contribution is 2.30. The molecule has 1 aromatic carbocycles. The molecule has 0 fully saturated rings. The molecule has 2 aromatic rings. The Morgan fingerprint density at radius 3 is 2.62 bits per heavy atom. The molecular weight excluding hydrogens is 250 g/mol. The van der Waals surface area contributed by atoms with Gasteiger partial charge < -0.3 is 0 Å². The van der Waals surface area contributed by atoms with Gasteiger partial charge in [-0.05, 0) is 25.1 Å². The van der Waals surface area contributed by atoms with Crippen LogP contribution in [-0.2, 0) is 0 Å². The maximum Gasteiger partial charge on any atom is 0.135 e. The van der Waals surface area contributed by atoms with Gasteiger partial charge in [-0.3, -0.25) is 0 Å². The van der Waals surface area contributed by atoms with Crippen LogP contribution in [0.25, 0.3) is 11.3 Å². The fourth-order valence-corrected chi connectivity index (χ4v) is 1.77. The van der Waals surface area contributed by atoms with Gasteiger partial charge in [0.25, 0.3) is 0 Å². The molecule has 16 heavy (non-hydrogen) atoms. The average Bonchev–Trinajstić information content (AvgIpc) is 2.23. The predicted octanol–water partition coefficient (Wildman–Crippen LogP) is 3.90. The lowest BCUT2D eigenvalue weighted by Gasteiger charge is -2.07. The summed E-state index contributed by atoms with van der Waals surface area (Å²) < 4.78 is 12.9. The molecule has 2 rings (SSSR count). The Labute approximate surface area is 102 Å². The molecule has 82 valence electrons. The van der Waals surface area contributed by atoms with Gasteiger partial charge in [0, 0.05) is 11.1 Å². The quantitative estimate of drug-likeness (QED) is 0.724. The topological polar surface area (TPSA) is 25.8 Å². The van der Waals surface area contributed by atoms with E-state index in [1.165, 1.54) is 18.5 Å². The van der Waals surface area contributed by atoms with E-state index >= 15 is 0 Å². The second-order valence-electron chi connectivity index (χ2n) is 3.26. The fraction of sp³-hybridized carbons (Fsp3) is 0.0909. The Morgan fingerprint density at radius 1 is 1.19 bits per heavy atom. The van der Waals surface area contributed by atoms with Gasteiger partial charge in [0.15, 0.2) is 0 Å². The molecule has 0 unspecified atom stereocenters. The first-order valence-electron chi connectivity index (χ1n) is 4.52. The Hall–Kier alpha value is -1.19.